The molecule has 0 radical (unpaired) electrons. The molecule has 1 rings (SSSR count). The van der Waals surface area contributed by atoms with Gasteiger partial charge in [-0.2, -0.15) is 9.97 Å². The van der Waals surface area contributed by atoms with Gasteiger partial charge in [0.1, 0.15) is 5.60 Å². The maximum atomic E-state index is 5.74. The van der Waals surface area contributed by atoms with Crippen LogP contribution in [-0.2, 0) is 0 Å². The summed E-state index contributed by atoms with van der Waals surface area (Å²) in [5.74, 6) is 0. The van der Waals surface area contributed by atoms with E-state index in [1.807, 2.05) is 27.7 Å². The monoisotopic (exact) mass is 245 g/mol. The summed E-state index contributed by atoms with van der Waals surface area (Å²) < 4.78 is 10.7. The summed E-state index contributed by atoms with van der Waals surface area (Å²) >= 11 is 5.74. The molecule has 0 aliphatic heterocycles. The second kappa shape index (κ2) is 5.30. The van der Waals surface area contributed by atoms with E-state index in [-0.39, 0.29) is 22.9 Å². The fourth-order valence-corrected chi connectivity index (χ4v) is 1.04. The molecule has 5 nitrogen and oxygen atoms in total. The van der Waals surface area contributed by atoms with Crippen molar-refractivity contribution in [1.29, 1.82) is 0 Å². The van der Waals surface area contributed by atoms with Crippen molar-refractivity contribution in [3.8, 4) is 12.0 Å². The minimum Gasteiger partial charge on any atom is -0.463 e. The molecule has 0 aliphatic carbocycles. The smallest absolute Gasteiger partial charge is 0.324 e. The predicted octanol–water partition coefficient (Wildman–Crippen LogP) is 2.49. The van der Waals surface area contributed by atoms with Crippen LogP contribution in [-0.4, -0.2) is 27.2 Å². The van der Waals surface area contributed by atoms with Crippen LogP contribution < -0.4 is 9.47 Å². The van der Waals surface area contributed by atoms with Gasteiger partial charge in [-0.15, -0.1) is 4.98 Å². The second-order valence-corrected chi connectivity index (χ2v) is 4.57. The summed E-state index contributed by atoms with van der Waals surface area (Å²) in [7, 11) is 0. The quantitative estimate of drug-likeness (QED) is 0.816. The van der Waals surface area contributed by atoms with E-state index >= 15 is 0 Å². The van der Waals surface area contributed by atoms with Gasteiger partial charge in [0, 0.05) is 0 Å². The maximum absolute atomic E-state index is 5.74. The molecule has 0 saturated carbocycles. The molecular weight excluding hydrogens is 230 g/mol. The average molecular weight is 246 g/mol. The Hall–Kier alpha value is -1.10. The molecule has 1 heterocycles. The second-order valence-electron chi connectivity index (χ2n) is 4.23. The van der Waals surface area contributed by atoms with Crippen molar-refractivity contribution in [2.75, 3.05) is 6.61 Å². The molecule has 0 unspecified atom stereocenters. The van der Waals surface area contributed by atoms with Gasteiger partial charge in [0.25, 0.3) is 0 Å². The minimum atomic E-state index is -0.382. The number of halogens is 1. The highest BCUT2D eigenvalue weighted by atomic mass is 35.5. The van der Waals surface area contributed by atoms with E-state index in [0.29, 0.717) is 6.61 Å². The fraction of sp³-hybridized carbons (Fsp3) is 0.700. The summed E-state index contributed by atoms with van der Waals surface area (Å²) in [5, 5.41) is 0.0698. The topological polar surface area (TPSA) is 57.1 Å². The van der Waals surface area contributed by atoms with Crippen molar-refractivity contribution in [3.05, 3.63) is 5.28 Å². The van der Waals surface area contributed by atoms with Crippen molar-refractivity contribution in [2.45, 2.75) is 39.7 Å². The molecule has 1 aromatic heterocycles. The van der Waals surface area contributed by atoms with E-state index in [4.69, 9.17) is 21.1 Å². The normalized spacial score (nSPS) is 11.3. The Labute approximate surface area is 100 Å². The maximum Gasteiger partial charge on any atom is 0.324 e. The Morgan fingerprint density at radius 3 is 2.31 bits per heavy atom. The van der Waals surface area contributed by atoms with Gasteiger partial charge < -0.3 is 9.47 Å². The van der Waals surface area contributed by atoms with Crippen molar-refractivity contribution in [3.63, 3.8) is 0 Å². The first-order chi connectivity index (χ1) is 7.40. The van der Waals surface area contributed by atoms with Gasteiger partial charge in [0.05, 0.1) is 6.61 Å². The molecule has 0 fully saturated rings. The van der Waals surface area contributed by atoms with E-state index in [9.17, 15) is 0 Å². The van der Waals surface area contributed by atoms with E-state index in [1.165, 1.54) is 0 Å². The Morgan fingerprint density at radius 2 is 1.75 bits per heavy atom. The Balaban J connectivity index is 2.81. The molecule has 0 atom stereocenters. The average Bonchev–Trinajstić information content (AvgIpc) is 2.10. The summed E-state index contributed by atoms with van der Waals surface area (Å²) in [4.78, 5) is 11.7. The summed E-state index contributed by atoms with van der Waals surface area (Å²) in [6, 6.07) is 0.375. The van der Waals surface area contributed by atoms with Crippen LogP contribution >= 0.6 is 11.6 Å². The highest BCUT2D eigenvalue weighted by molar-refractivity contribution is 6.28. The number of hydrogen-bond donors (Lipinski definition) is 0. The molecule has 1 aromatic rings. The number of aromatic nitrogens is 3. The van der Waals surface area contributed by atoms with Gasteiger partial charge >= 0.3 is 12.0 Å². The molecule has 0 amide bonds. The van der Waals surface area contributed by atoms with Crippen molar-refractivity contribution < 1.29 is 9.47 Å². The molecule has 6 heteroatoms. The molecule has 0 bridgehead atoms. The molecule has 16 heavy (non-hydrogen) atoms. The van der Waals surface area contributed by atoms with Crippen molar-refractivity contribution >= 4 is 11.6 Å². The molecule has 0 aromatic carbocycles. The van der Waals surface area contributed by atoms with Gasteiger partial charge in [-0.3, -0.25) is 0 Å². The van der Waals surface area contributed by atoms with Gasteiger partial charge in [0.2, 0.25) is 5.28 Å². The SMILES string of the molecule is CCCOc1nc(Cl)nc(OC(C)(C)C)n1. The van der Waals surface area contributed by atoms with Crippen LogP contribution in [0.3, 0.4) is 0 Å². The molecule has 0 N–H and O–H groups in total. The van der Waals surface area contributed by atoms with Crippen molar-refractivity contribution in [2.24, 2.45) is 0 Å². The highest BCUT2D eigenvalue weighted by Gasteiger charge is 2.16. The number of nitrogens with zero attached hydrogens (tertiary/aromatic N) is 3. The number of rotatable bonds is 4. The molecule has 0 spiro atoms. The number of hydrogen-bond acceptors (Lipinski definition) is 5. The lowest BCUT2D eigenvalue weighted by Gasteiger charge is -2.19. The third kappa shape index (κ3) is 4.61. The lowest BCUT2D eigenvalue weighted by Crippen LogP contribution is -2.24. The third-order valence-corrected chi connectivity index (χ3v) is 1.57. The Kier molecular flexibility index (Phi) is 4.29. The Morgan fingerprint density at radius 1 is 1.12 bits per heavy atom. The first-order valence-corrected chi connectivity index (χ1v) is 5.52. The highest BCUT2D eigenvalue weighted by Crippen LogP contribution is 2.17. The van der Waals surface area contributed by atoms with Crippen LogP contribution in [0.4, 0.5) is 0 Å². The fourth-order valence-electron chi connectivity index (χ4n) is 0.892. The zero-order chi connectivity index (χ0) is 12.2. The van der Waals surface area contributed by atoms with Crippen LogP contribution in [0, 0.1) is 0 Å². The lowest BCUT2D eigenvalue weighted by molar-refractivity contribution is 0.114. The minimum absolute atomic E-state index is 0.0698. The van der Waals surface area contributed by atoms with Crippen LogP contribution in [0.2, 0.25) is 5.28 Å². The standard InChI is InChI=1S/C10H16ClN3O2/c1-5-6-15-8-12-7(11)13-9(14-8)16-10(2,3)4/h5-6H2,1-4H3. The zero-order valence-corrected chi connectivity index (χ0v) is 10.7. The molecular formula is C10H16ClN3O2. The number of ether oxygens (including phenoxy) is 2. The van der Waals surface area contributed by atoms with E-state index in [0.717, 1.165) is 6.42 Å². The van der Waals surface area contributed by atoms with Gasteiger partial charge in [-0.05, 0) is 38.8 Å². The predicted molar refractivity (Wildman–Crippen MR) is 61.0 cm³/mol. The summed E-state index contributed by atoms with van der Waals surface area (Å²) in [6.07, 6.45) is 0.874. The van der Waals surface area contributed by atoms with Crippen molar-refractivity contribution in [1.82, 2.24) is 15.0 Å². The van der Waals surface area contributed by atoms with E-state index in [1.54, 1.807) is 0 Å². The van der Waals surface area contributed by atoms with Gasteiger partial charge in [-0.25, -0.2) is 0 Å². The third-order valence-electron chi connectivity index (χ3n) is 1.40. The van der Waals surface area contributed by atoms with Crippen LogP contribution in [0.15, 0.2) is 0 Å². The summed E-state index contributed by atoms with van der Waals surface area (Å²) in [5.41, 5.74) is -0.382. The first-order valence-electron chi connectivity index (χ1n) is 5.14. The van der Waals surface area contributed by atoms with Crippen LogP contribution in [0.25, 0.3) is 0 Å². The van der Waals surface area contributed by atoms with Gasteiger partial charge in [-0.1, -0.05) is 6.92 Å². The van der Waals surface area contributed by atoms with E-state index < -0.39 is 0 Å². The largest absolute Gasteiger partial charge is 0.463 e. The lowest BCUT2D eigenvalue weighted by atomic mass is 10.2. The Bertz CT molecular complexity index is 352. The summed E-state index contributed by atoms with van der Waals surface area (Å²) in [6.45, 7) is 8.23. The van der Waals surface area contributed by atoms with Crippen LogP contribution in [0.1, 0.15) is 34.1 Å². The van der Waals surface area contributed by atoms with Gasteiger partial charge in [0.15, 0.2) is 0 Å². The van der Waals surface area contributed by atoms with E-state index in [2.05, 4.69) is 15.0 Å². The first kappa shape index (κ1) is 13.0. The molecule has 90 valence electrons. The molecule has 0 saturated heterocycles. The zero-order valence-electron chi connectivity index (χ0n) is 9.95. The molecule has 0 aliphatic rings. The van der Waals surface area contributed by atoms with Crippen LogP contribution in [0.5, 0.6) is 12.0 Å².